The number of hydrogen-bond donors (Lipinski definition) is 2. The molecule has 2 rings (SSSR count). The molecule has 0 radical (unpaired) electrons. The maximum atomic E-state index is 13.4. The van der Waals surface area contributed by atoms with Gasteiger partial charge in [-0.25, -0.2) is 4.39 Å². The second-order valence-electron chi connectivity index (χ2n) is 5.72. The van der Waals surface area contributed by atoms with Crippen LogP contribution in [0.4, 0.5) is 10.1 Å². The van der Waals surface area contributed by atoms with Crippen molar-refractivity contribution in [1.82, 2.24) is 4.90 Å². The largest absolute Gasteiger partial charge is 0.396 e. The van der Waals surface area contributed by atoms with Crippen molar-refractivity contribution < 1.29 is 19.0 Å². The number of carbonyl (C=O) groups excluding carboxylic acids is 1. The molecule has 3 N–H and O–H groups in total. The van der Waals surface area contributed by atoms with Crippen LogP contribution in [0.1, 0.15) is 24.2 Å². The number of rotatable bonds is 2. The summed E-state index contributed by atoms with van der Waals surface area (Å²) in [7, 11) is 0. The molecule has 0 spiro atoms. The molecule has 0 aliphatic carbocycles. The first-order chi connectivity index (χ1) is 9.73. The highest BCUT2D eigenvalue weighted by Crippen LogP contribution is 2.27. The normalized spacial score (nSPS) is 21.4. The summed E-state index contributed by atoms with van der Waals surface area (Å²) in [6, 6.07) is 2.50. The standard InChI is InChI=1S/C14H18BrFN2O3/c1-14(2)7-18(5-8(6-19)21-14)13(20)9-3-12(17)11(16)4-10(9)15/h3-4,8,19H,5-7,17H2,1-2H3. The van der Waals surface area contributed by atoms with Crippen LogP contribution in [0, 0.1) is 5.82 Å². The number of carbonyl (C=O) groups is 1. The Balaban J connectivity index is 2.29. The predicted octanol–water partition coefficient (Wildman–Crippen LogP) is 1.78. The molecule has 116 valence electrons. The molecule has 1 aliphatic rings. The summed E-state index contributed by atoms with van der Waals surface area (Å²) in [5, 5.41) is 9.29. The number of benzene rings is 1. The molecular weight excluding hydrogens is 343 g/mol. The minimum absolute atomic E-state index is 0.0761. The lowest BCUT2D eigenvalue weighted by Gasteiger charge is -2.42. The van der Waals surface area contributed by atoms with Crippen molar-refractivity contribution >= 4 is 27.5 Å². The lowest BCUT2D eigenvalue weighted by Crippen LogP contribution is -2.55. The van der Waals surface area contributed by atoms with Gasteiger partial charge in [-0.15, -0.1) is 0 Å². The summed E-state index contributed by atoms with van der Waals surface area (Å²) in [4.78, 5) is 14.2. The van der Waals surface area contributed by atoms with Crippen molar-refractivity contribution in [3.63, 3.8) is 0 Å². The first kappa shape index (κ1) is 16.2. The van der Waals surface area contributed by atoms with Crippen LogP contribution in [-0.4, -0.2) is 47.3 Å². The number of anilines is 1. The molecule has 1 unspecified atom stereocenters. The average molecular weight is 361 g/mol. The van der Waals surface area contributed by atoms with Crippen LogP contribution >= 0.6 is 15.9 Å². The SMILES string of the molecule is CC1(C)CN(C(=O)c2cc(N)c(F)cc2Br)CC(CO)O1. The third kappa shape index (κ3) is 3.53. The van der Waals surface area contributed by atoms with Gasteiger partial charge in [0.2, 0.25) is 0 Å². The predicted molar refractivity (Wildman–Crippen MR) is 80.5 cm³/mol. The zero-order valence-corrected chi connectivity index (χ0v) is 13.5. The Morgan fingerprint density at radius 3 is 2.90 bits per heavy atom. The summed E-state index contributed by atoms with van der Waals surface area (Å²) < 4.78 is 19.4. The Labute approximate surface area is 131 Å². The summed E-state index contributed by atoms with van der Waals surface area (Å²) in [5.74, 6) is -0.850. The smallest absolute Gasteiger partial charge is 0.255 e. The number of nitrogens with zero attached hydrogens (tertiary/aromatic N) is 1. The number of morpholine rings is 1. The van der Waals surface area contributed by atoms with Crippen molar-refractivity contribution in [2.45, 2.75) is 25.6 Å². The van der Waals surface area contributed by atoms with E-state index in [1.807, 2.05) is 13.8 Å². The Bertz CT molecular complexity index is 565. The molecule has 0 bridgehead atoms. The van der Waals surface area contributed by atoms with Crippen LogP contribution in [0.15, 0.2) is 16.6 Å². The van der Waals surface area contributed by atoms with E-state index in [9.17, 15) is 14.3 Å². The highest BCUT2D eigenvalue weighted by atomic mass is 79.9. The Hall–Kier alpha value is -1.18. The number of nitrogens with two attached hydrogens (primary N) is 1. The molecule has 21 heavy (non-hydrogen) atoms. The van der Waals surface area contributed by atoms with Crippen molar-refractivity contribution in [3.05, 3.63) is 28.0 Å². The molecule has 1 fully saturated rings. The minimum atomic E-state index is -0.575. The van der Waals surface area contributed by atoms with Gasteiger partial charge in [0.15, 0.2) is 0 Å². The van der Waals surface area contributed by atoms with Crippen LogP contribution in [0.2, 0.25) is 0 Å². The van der Waals surface area contributed by atoms with Crippen molar-refractivity contribution in [2.24, 2.45) is 0 Å². The second kappa shape index (κ2) is 5.90. The molecule has 1 heterocycles. The maximum Gasteiger partial charge on any atom is 0.255 e. The first-order valence-corrected chi connectivity index (χ1v) is 7.35. The van der Waals surface area contributed by atoms with E-state index >= 15 is 0 Å². The topological polar surface area (TPSA) is 75.8 Å². The van der Waals surface area contributed by atoms with E-state index in [0.29, 0.717) is 16.6 Å². The van der Waals surface area contributed by atoms with Gasteiger partial charge < -0.3 is 20.5 Å². The van der Waals surface area contributed by atoms with E-state index in [1.54, 1.807) is 4.90 Å². The van der Waals surface area contributed by atoms with Crippen LogP contribution < -0.4 is 5.73 Å². The Morgan fingerprint density at radius 2 is 2.29 bits per heavy atom. The van der Waals surface area contributed by atoms with E-state index in [-0.39, 0.29) is 24.7 Å². The molecule has 0 saturated carbocycles. The molecule has 1 saturated heterocycles. The maximum absolute atomic E-state index is 13.4. The van der Waals surface area contributed by atoms with Gasteiger partial charge >= 0.3 is 0 Å². The number of nitrogen functional groups attached to an aromatic ring is 1. The molecule has 1 aromatic carbocycles. The van der Waals surface area contributed by atoms with E-state index in [1.165, 1.54) is 12.1 Å². The van der Waals surface area contributed by atoms with Gasteiger partial charge in [0.1, 0.15) is 5.82 Å². The fourth-order valence-electron chi connectivity index (χ4n) is 2.45. The Kier molecular flexibility index (Phi) is 4.55. The lowest BCUT2D eigenvalue weighted by atomic mass is 10.0. The van der Waals surface area contributed by atoms with Crippen molar-refractivity contribution in [2.75, 3.05) is 25.4 Å². The van der Waals surface area contributed by atoms with Gasteiger partial charge in [-0.05, 0) is 41.9 Å². The quantitative estimate of drug-likeness (QED) is 0.788. The fourth-order valence-corrected chi connectivity index (χ4v) is 2.93. The molecule has 7 heteroatoms. The second-order valence-corrected chi connectivity index (χ2v) is 6.58. The van der Waals surface area contributed by atoms with Crippen molar-refractivity contribution in [1.29, 1.82) is 0 Å². The Morgan fingerprint density at radius 1 is 1.62 bits per heavy atom. The molecular formula is C14H18BrFN2O3. The number of aliphatic hydroxyl groups excluding tert-OH is 1. The highest BCUT2D eigenvalue weighted by molar-refractivity contribution is 9.10. The van der Waals surface area contributed by atoms with Gasteiger partial charge in [-0.3, -0.25) is 4.79 Å². The van der Waals surface area contributed by atoms with Crippen LogP contribution in [0.25, 0.3) is 0 Å². The zero-order valence-electron chi connectivity index (χ0n) is 11.9. The average Bonchev–Trinajstić information content (AvgIpc) is 2.40. The number of hydrogen-bond acceptors (Lipinski definition) is 4. The monoisotopic (exact) mass is 360 g/mol. The third-order valence-corrected chi connectivity index (χ3v) is 3.95. The first-order valence-electron chi connectivity index (χ1n) is 6.56. The van der Waals surface area contributed by atoms with Gasteiger partial charge in [-0.2, -0.15) is 0 Å². The fraction of sp³-hybridized carbons (Fsp3) is 0.500. The minimum Gasteiger partial charge on any atom is -0.396 e. The third-order valence-electron chi connectivity index (χ3n) is 3.29. The van der Waals surface area contributed by atoms with E-state index in [4.69, 9.17) is 10.5 Å². The van der Waals surface area contributed by atoms with Gasteiger partial charge in [0.05, 0.1) is 29.6 Å². The van der Waals surface area contributed by atoms with E-state index < -0.39 is 17.5 Å². The highest BCUT2D eigenvalue weighted by Gasteiger charge is 2.36. The van der Waals surface area contributed by atoms with E-state index in [0.717, 1.165) is 0 Å². The summed E-state index contributed by atoms with van der Waals surface area (Å²) in [6.45, 7) is 4.20. The molecule has 1 amide bonds. The van der Waals surface area contributed by atoms with Crippen molar-refractivity contribution in [3.8, 4) is 0 Å². The number of ether oxygens (including phenoxy) is 1. The van der Waals surface area contributed by atoms with E-state index in [2.05, 4.69) is 15.9 Å². The molecule has 1 aliphatic heterocycles. The van der Waals surface area contributed by atoms with Crippen LogP contribution in [-0.2, 0) is 4.74 Å². The molecule has 1 atom stereocenters. The summed E-state index contributed by atoms with van der Waals surface area (Å²) in [5.41, 5.74) is 5.19. The summed E-state index contributed by atoms with van der Waals surface area (Å²) in [6.07, 6.45) is -0.436. The van der Waals surface area contributed by atoms with Crippen LogP contribution in [0.5, 0.6) is 0 Å². The lowest BCUT2D eigenvalue weighted by molar-refractivity contribution is -0.139. The summed E-state index contributed by atoms with van der Waals surface area (Å²) >= 11 is 3.19. The van der Waals surface area contributed by atoms with Gasteiger partial charge in [-0.1, -0.05) is 0 Å². The molecule has 0 aromatic heterocycles. The number of aliphatic hydroxyl groups is 1. The molecule has 1 aromatic rings. The molecule has 5 nitrogen and oxygen atoms in total. The zero-order chi connectivity index (χ0) is 15.8. The van der Waals surface area contributed by atoms with Gasteiger partial charge in [0.25, 0.3) is 5.91 Å². The van der Waals surface area contributed by atoms with Gasteiger partial charge in [0, 0.05) is 17.6 Å². The van der Waals surface area contributed by atoms with Crippen LogP contribution in [0.3, 0.4) is 0 Å². The number of amides is 1. The number of halogens is 2.